The molecule has 1 heterocycles. The van der Waals surface area contributed by atoms with Gasteiger partial charge in [-0.25, -0.2) is 13.4 Å². The number of anilines is 2. The molecule has 3 rings (SSSR count). The van der Waals surface area contributed by atoms with Gasteiger partial charge in [-0.1, -0.05) is 30.3 Å². The molecule has 2 N–H and O–H groups in total. The summed E-state index contributed by atoms with van der Waals surface area (Å²) in [4.78, 5) is 4.27. The van der Waals surface area contributed by atoms with Gasteiger partial charge >= 0.3 is 0 Å². The quantitative estimate of drug-likeness (QED) is 0.602. The highest BCUT2D eigenvalue weighted by molar-refractivity contribution is 7.92. The number of benzene rings is 2. The molecule has 1 aromatic heterocycles. The summed E-state index contributed by atoms with van der Waals surface area (Å²) >= 11 is 0. The Hall–Kier alpha value is -3.26. The maximum atomic E-state index is 12.7. The lowest BCUT2D eigenvalue weighted by Crippen LogP contribution is -2.14. The second-order valence-electron chi connectivity index (χ2n) is 5.89. The van der Waals surface area contributed by atoms with Crippen molar-refractivity contribution in [3.8, 4) is 11.5 Å². The summed E-state index contributed by atoms with van der Waals surface area (Å²) in [6.45, 7) is 0.627. The maximum Gasteiger partial charge on any atom is 0.265 e. The molecule has 0 unspecified atom stereocenters. The largest absolute Gasteiger partial charge is 0.497 e. The van der Waals surface area contributed by atoms with Crippen LogP contribution in [0.1, 0.15) is 5.56 Å². The fourth-order valence-corrected chi connectivity index (χ4v) is 3.75. The van der Waals surface area contributed by atoms with Crippen LogP contribution in [0.5, 0.6) is 11.5 Å². The van der Waals surface area contributed by atoms with Crippen molar-refractivity contribution in [1.82, 2.24) is 4.98 Å². The van der Waals surface area contributed by atoms with Gasteiger partial charge in [-0.15, -0.1) is 0 Å². The van der Waals surface area contributed by atoms with E-state index in [0.29, 0.717) is 23.8 Å². The molecule has 0 bridgehead atoms. The highest BCUT2D eigenvalue weighted by Crippen LogP contribution is 2.29. The average Bonchev–Trinajstić information content (AvgIpc) is 2.73. The Morgan fingerprint density at radius 3 is 2.39 bits per heavy atom. The van der Waals surface area contributed by atoms with Gasteiger partial charge in [0, 0.05) is 12.6 Å². The minimum absolute atomic E-state index is 0.0158. The van der Waals surface area contributed by atoms with Crippen molar-refractivity contribution < 1.29 is 17.9 Å². The van der Waals surface area contributed by atoms with Crippen LogP contribution < -0.4 is 19.5 Å². The van der Waals surface area contributed by atoms with Gasteiger partial charge in [-0.05, 0) is 29.8 Å². The van der Waals surface area contributed by atoms with Crippen LogP contribution in [0, 0.1) is 0 Å². The molecular weight excluding hydrogens is 378 g/mol. The van der Waals surface area contributed by atoms with Crippen molar-refractivity contribution in [2.75, 3.05) is 24.3 Å². The highest BCUT2D eigenvalue weighted by Gasteiger charge is 2.20. The molecule has 0 atom stereocenters. The van der Waals surface area contributed by atoms with Gasteiger partial charge in [0.05, 0.1) is 26.1 Å². The van der Waals surface area contributed by atoms with Crippen LogP contribution in [-0.2, 0) is 16.6 Å². The molecule has 0 saturated carbocycles. The summed E-state index contributed by atoms with van der Waals surface area (Å²) in [5.41, 5.74) is 1.48. The Morgan fingerprint density at radius 2 is 1.75 bits per heavy atom. The molecular formula is C20H21N3O4S. The fourth-order valence-electron chi connectivity index (χ4n) is 2.55. The molecule has 0 amide bonds. The normalized spacial score (nSPS) is 10.9. The van der Waals surface area contributed by atoms with E-state index in [9.17, 15) is 8.42 Å². The molecule has 0 aliphatic rings. The van der Waals surface area contributed by atoms with E-state index in [0.717, 1.165) is 5.56 Å². The number of hydrogen-bond acceptors (Lipinski definition) is 6. The van der Waals surface area contributed by atoms with Crippen LogP contribution in [-0.4, -0.2) is 27.6 Å². The second-order valence-corrected chi connectivity index (χ2v) is 7.54. The molecule has 0 fully saturated rings. The summed E-state index contributed by atoms with van der Waals surface area (Å²) in [7, 11) is -0.935. The van der Waals surface area contributed by atoms with E-state index in [1.54, 1.807) is 18.2 Å². The number of hydrogen-bond donors (Lipinski definition) is 2. The van der Waals surface area contributed by atoms with Gasteiger partial charge in [-0.2, -0.15) is 0 Å². The number of sulfonamides is 1. The van der Waals surface area contributed by atoms with Crippen molar-refractivity contribution >= 4 is 21.5 Å². The Labute approximate surface area is 164 Å². The summed E-state index contributed by atoms with van der Waals surface area (Å²) in [5.74, 6) is 1.35. The number of ether oxygens (including phenoxy) is 2. The number of aromatic nitrogens is 1. The molecule has 0 aliphatic heterocycles. The SMILES string of the molecule is COc1ccc(S(=O)(=O)Nc2ccc(NCc3ccccc3)nc2)c(OC)c1. The zero-order chi connectivity index (χ0) is 20.0. The summed E-state index contributed by atoms with van der Waals surface area (Å²) < 4.78 is 38.2. The van der Waals surface area contributed by atoms with E-state index in [2.05, 4.69) is 15.0 Å². The Kier molecular flexibility index (Phi) is 6.00. The number of nitrogens with zero attached hydrogens (tertiary/aromatic N) is 1. The predicted octanol–water partition coefficient (Wildman–Crippen LogP) is 3.51. The van der Waals surface area contributed by atoms with Crippen molar-refractivity contribution in [3.05, 3.63) is 72.4 Å². The van der Waals surface area contributed by atoms with E-state index >= 15 is 0 Å². The third-order valence-corrected chi connectivity index (χ3v) is 5.41. The fraction of sp³-hybridized carbons (Fsp3) is 0.150. The topological polar surface area (TPSA) is 89.6 Å². The Balaban J connectivity index is 1.71. The molecule has 8 heteroatoms. The van der Waals surface area contributed by atoms with Gasteiger partial charge in [0.25, 0.3) is 10.0 Å². The van der Waals surface area contributed by atoms with Crippen molar-refractivity contribution in [1.29, 1.82) is 0 Å². The molecule has 0 saturated heterocycles. The average molecular weight is 399 g/mol. The lowest BCUT2D eigenvalue weighted by atomic mass is 10.2. The molecule has 28 heavy (non-hydrogen) atoms. The van der Waals surface area contributed by atoms with Gasteiger partial charge in [0.1, 0.15) is 22.2 Å². The number of nitrogens with one attached hydrogen (secondary N) is 2. The zero-order valence-electron chi connectivity index (χ0n) is 15.5. The van der Waals surface area contributed by atoms with Gasteiger partial charge < -0.3 is 14.8 Å². The van der Waals surface area contributed by atoms with Crippen molar-refractivity contribution in [2.24, 2.45) is 0 Å². The van der Waals surface area contributed by atoms with Gasteiger partial charge in [-0.3, -0.25) is 4.72 Å². The first-order valence-electron chi connectivity index (χ1n) is 8.50. The van der Waals surface area contributed by atoms with Crippen molar-refractivity contribution in [3.63, 3.8) is 0 Å². The molecule has 0 radical (unpaired) electrons. The first-order chi connectivity index (χ1) is 13.5. The molecule has 7 nitrogen and oxygen atoms in total. The molecule has 3 aromatic rings. The minimum atomic E-state index is -3.84. The van der Waals surface area contributed by atoms with Crippen LogP contribution in [0.3, 0.4) is 0 Å². The third-order valence-electron chi connectivity index (χ3n) is 3.99. The van der Waals surface area contributed by atoms with E-state index in [1.807, 2.05) is 30.3 Å². The lowest BCUT2D eigenvalue weighted by molar-refractivity contribution is 0.386. The highest BCUT2D eigenvalue weighted by atomic mass is 32.2. The van der Waals surface area contributed by atoms with Crippen molar-refractivity contribution in [2.45, 2.75) is 11.4 Å². The molecule has 0 spiro atoms. The predicted molar refractivity (Wildman–Crippen MR) is 108 cm³/mol. The first-order valence-corrected chi connectivity index (χ1v) is 9.99. The van der Waals surface area contributed by atoms with E-state index in [4.69, 9.17) is 9.47 Å². The molecule has 146 valence electrons. The third kappa shape index (κ3) is 4.72. The van der Waals surface area contributed by atoms with Crippen LogP contribution in [0.4, 0.5) is 11.5 Å². The standard InChI is InChI=1S/C20H21N3O4S/c1-26-17-9-10-19(18(12-17)27-2)28(24,25)23-16-8-11-20(22-14-16)21-13-15-6-4-3-5-7-15/h3-12,14,23H,13H2,1-2H3,(H,21,22). The first kappa shape index (κ1) is 19.5. The second kappa shape index (κ2) is 8.62. The van der Waals surface area contributed by atoms with Gasteiger partial charge in [0.2, 0.25) is 0 Å². The monoisotopic (exact) mass is 399 g/mol. The molecule has 2 aromatic carbocycles. The minimum Gasteiger partial charge on any atom is -0.497 e. The molecule has 0 aliphatic carbocycles. The zero-order valence-corrected chi connectivity index (χ0v) is 16.4. The van der Waals surface area contributed by atoms with Crippen LogP contribution >= 0.6 is 0 Å². The lowest BCUT2D eigenvalue weighted by Gasteiger charge is -2.13. The van der Waals surface area contributed by atoms with Crippen LogP contribution in [0.2, 0.25) is 0 Å². The van der Waals surface area contributed by atoms with Crippen LogP contribution in [0.25, 0.3) is 0 Å². The van der Waals surface area contributed by atoms with E-state index in [-0.39, 0.29) is 10.6 Å². The number of rotatable bonds is 8. The van der Waals surface area contributed by atoms with Gasteiger partial charge in [0.15, 0.2) is 0 Å². The maximum absolute atomic E-state index is 12.7. The summed E-state index contributed by atoms with van der Waals surface area (Å²) in [6, 6.07) is 17.8. The summed E-state index contributed by atoms with van der Waals surface area (Å²) in [5, 5.41) is 3.19. The van der Waals surface area contributed by atoms with Crippen LogP contribution in [0.15, 0.2) is 71.8 Å². The summed E-state index contributed by atoms with van der Waals surface area (Å²) in [6.07, 6.45) is 1.46. The number of pyridine rings is 1. The smallest absolute Gasteiger partial charge is 0.265 e. The Bertz CT molecular complexity index is 1020. The Morgan fingerprint density at radius 1 is 0.964 bits per heavy atom. The number of methoxy groups -OCH3 is 2. The van der Waals surface area contributed by atoms with E-state index < -0.39 is 10.0 Å². The van der Waals surface area contributed by atoms with E-state index in [1.165, 1.54) is 32.5 Å².